The summed E-state index contributed by atoms with van der Waals surface area (Å²) < 4.78 is 26.2. The maximum Gasteiger partial charge on any atom is 0.244 e. The summed E-state index contributed by atoms with van der Waals surface area (Å²) in [6.45, 7) is 3.17. The molecule has 1 atom stereocenters. The zero-order chi connectivity index (χ0) is 24.1. The number of anilines is 1. The summed E-state index contributed by atoms with van der Waals surface area (Å²) in [5.41, 5.74) is 1.72. The number of likely N-dealkylation sites (N-methyl/N-ethyl adjacent to an activating group) is 1. The molecule has 0 spiro atoms. The van der Waals surface area contributed by atoms with Gasteiger partial charge in [-0.2, -0.15) is 0 Å². The van der Waals surface area contributed by atoms with Crippen molar-refractivity contribution in [2.24, 2.45) is 0 Å². The molecule has 0 aromatic heterocycles. The van der Waals surface area contributed by atoms with Crippen molar-refractivity contribution in [3.05, 3.63) is 63.6 Å². The van der Waals surface area contributed by atoms with Gasteiger partial charge in [0.05, 0.1) is 11.9 Å². The third-order valence-electron chi connectivity index (χ3n) is 5.02. The molecule has 174 valence electrons. The molecule has 7 nitrogen and oxygen atoms in total. The number of nitrogens with zero attached hydrogens (tertiary/aromatic N) is 2. The van der Waals surface area contributed by atoms with Gasteiger partial charge in [-0.3, -0.25) is 13.9 Å². The average molecular weight is 500 g/mol. The first-order chi connectivity index (χ1) is 15.0. The Kier molecular flexibility index (Phi) is 8.95. The first-order valence-corrected chi connectivity index (χ1v) is 12.6. The van der Waals surface area contributed by atoms with Crippen molar-refractivity contribution < 1.29 is 18.0 Å². The van der Waals surface area contributed by atoms with Gasteiger partial charge >= 0.3 is 0 Å². The topological polar surface area (TPSA) is 86.8 Å². The lowest BCUT2D eigenvalue weighted by atomic mass is 10.1. The van der Waals surface area contributed by atoms with Crippen LogP contribution < -0.4 is 9.62 Å². The van der Waals surface area contributed by atoms with Gasteiger partial charge in [0.25, 0.3) is 0 Å². The van der Waals surface area contributed by atoms with Crippen LogP contribution in [0.15, 0.2) is 42.5 Å². The quantitative estimate of drug-likeness (QED) is 0.570. The van der Waals surface area contributed by atoms with E-state index in [0.717, 1.165) is 16.1 Å². The molecule has 0 aliphatic rings. The molecule has 1 N–H and O–H groups in total. The Morgan fingerprint density at radius 3 is 2.19 bits per heavy atom. The highest BCUT2D eigenvalue weighted by Crippen LogP contribution is 2.27. The number of amides is 2. The van der Waals surface area contributed by atoms with Crippen LogP contribution in [0.5, 0.6) is 0 Å². The lowest BCUT2D eigenvalue weighted by Crippen LogP contribution is -2.51. The van der Waals surface area contributed by atoms with E-state index in [-0.39, 0.29) is 12.5 Å². The molecular formula is C22H27Cl2N3O4S. The molecule has 2 aromatic carbocycles. The lowest BCUT2D eigenvalue weighted by molar-refractivity contribution is -0.140. The van der Waals surface area contributed by atoms with Crippen molar-refractivity contribution in [1.82, 2.24) is 10.2 Å². The van der Waals surface area contributed by atoms with Gasteiger partial charge < -0.3 is 10.2 Å². The van der Waals surface area contributed by atoms with Crippen LogP contribution in [0.2, 0.25) is 10.0 Å². The fraction of sp³-hybridized carbons (Fsp3) is 0.364. The van der Waals surface area contributed by atoms with E-state index in [1.54, 1.807) is 50.2 Å². The van der Waals surface area contributed by atoms with Crippen LogP contribution in [-0.2, 0) is 26.2 Å². The highest BCUT2D eigenvalue weighted by molar-refractivity contribution is 7.92. The molecule has 2 aromatic rings. The molecule has 1 unspecified atom stereocenters. The molecule has 0 fully saturated rings. The Morgan fingerprint density at radius 2 is 1.66 bits per heavy atom. The van der Waals surface area contributed by atoms with E-state index < -0.39 is 28.5 Å². The van der Waals surface area contributed by atoms with Crippen LogP contribution in [0.1, 0.15) is 24.5 Å². The van der Waals surface area contributed by atoms with Crippen molar-refractivity contribution in [2.75, 3.05) is 24.2 Å². The summed E-state index contributed by atoms with van der Waals surface area (Å²) >= 11 is 12.0. The van der Waals surface area contributed by atoms with E-state index in [2.05, 4.69) is 5.32 Å². The molecular weight excluding hydrogens is 473 g/mol. The molecule has 0 saturated heterocycles. The molecule has 0 heterocycles. The Hall–Kier alpha value is -2.29. The summed E-state index contributed by atoms with van der Waals surface area (Å²) in [7, 11) is -2.32. The van der Waals surface area contributed by atoms with Crippen molar-refractivity contribution >= 4 is 50.7 Å². The monoisotopic (exact) mass is 499 g/mol. The number of sulfonamides is 1. The maximum atomic E-state index is 13.4. The molecule has 0 radical (unpaired) electrons. The maximum absolute atomic E-state index is 13.4. The van der Waals surface area contributed by atoms with Gasteiger partial charge in [0.15, 0.2) is 0 Å². The Balaban J connectivity index is 2.46. The standard InChI is InChI=1S/C22H27Cl2N3O4S/c1-5-19(22(29)25-3)26(13-16-7-10-17(23)11-8-16)21(28)14-27(32(4,30)31)20-12-18(24)9-6-15(20)2/h6-12,19H,5,13-14H2,1-4H3,(H,25,29). The van der Waals surface area contributed by atoms with E-state index in [9.17, 15) is 18.0 Å². The van der Waals surface area contributed by atoms with Gasteiger partial charge in [0, 0.05) is 23.6 Å². The normalized spacial score (nSPS) is 12.2. The molecule has 2 amide bonds. The Labute approximate surface area is 199 Å². The summed E-state index contributed by atoms with van der Waals surface area (Å²) in [5.74, 6) is -0.847. The Bertz CT molecular complexity index is 1080. The van der Waals surface area contributed by atoms with Crippen molar-refractivity contribution in [3.8, 4) is 0 Å². The van der Waals surface area contributed by atoms with E-state index in [4.69, 9.17) is 23.2 Å². The minimum atomic E-state index is -3.81. The smallest absolute Gasteiger partial charge is 0.244 e. The number of hydrogen-bond donors (Lipinski definition) is 1. The van der Waals surface area contributed by atoms with E-state index in [1.165, 1.54) is 18.0 Å². The number of rotatable bonds is 9. The molecule has 0 aliphatic carbocycles. The van der Waals surface area contributed by atoms with Crippen LogP contribution >= 0.6 is 23.2 Å². The third-order valence-corrected chi connectivity index (χ3v) is 6.63. The summed E-state index contributed by atoms with van der Waals surface area (Å²) in [5, 5.41) is 3.47. The Morgan fingerprint density at radius 1 is 1.06 bits per heavy atom. The first kappa shape index (κ1) is 26.0. The fourth-order valence-corrected chi connectivity index (χ4v) is 4.51. The van der Waals surface area contributed by atoms with Gasteiger partial charge in [0.2, 0.25) is 21.8 Å². The number of carbonyl (C=O) groups excluding carboxylic acids is 2. The predicted octanol–water partition coefficient (Wildman–Crippen LogP) is 3.62. The largest absolute Gasteiger partial charge is 0.357 e. The number of aryl methyl sites for hydroxylation is 1. The highest BCUT2D eigenvalue weighted by atomic mass is 35.5. The second-order valence-electron chi connectivity index (χ2n) is 7.39. The predicted molar refractivity (Wildman–Crippen MR) is 129 cm³/mol. The van der Waals surface area contributed by atoms with Gasteiger partial charge in [-0.1, -0.05) is 48.3 Å². The zero-order valence-corrected chi connectivity index (χ0v) is 20.8. The van der Waals surface area contributed by atoms with Crippen LogP contribution in [0, 0.1) is 6.92 Å². The van der Waals surface area contributed by atoms with Crippen LogP contribution in [0.3, 0.4) is 0 Å². The van der Waals surface area contributed by atoms with Gasteiger partial charge in [-0.05, 0) is 48.7 Å². The number of hydrogen-bond acceptors (Lipinski definition) is 4. The van der Waals surface area contributed by atoms with E-state index >= 15 is 0 Å². The number of carbonyl (C=O) groups is 2. The summed E-state index contributed by atoms with van der Waals surface area (Å²) in [4.78, 5) is 27.3. The number of halogens is 2. The van der Waals surface area contributed by atoms with Crippen LogP contribution in [-0.4, -0.2) is 51.0 Å². The molecule has 2 rings (SSSR count). The highest BCUT2D eigenvalue weighted by Gasteiger charge is 2.31. The van der Waals surface area contributed by atoms with Gasteiger partial charge in [0.1, 0.15) is 12.6 Å². The second kappa shape index (κ2) is 11.0. The van der Waals surface area contributed by atoms with Crippen molar-refractivity contribution in [1.29, 1.82) is 0 Å². The summed E-state index contributed by atoms with van der Waals surface area (Å²) in [6, 6.07) is 11.0. The molecule has 10 heteroatoms. The zero-order valence-electron chi connectivity index (χ0n) is 18.4. The molecule has 32 heavy (non-hydrogen) atoms. The third kappa shape index (κ3) is 6.60. The second-order valence-corrected chi connectivity index (χ2v) is 10.2. The van der Waals surface area contributed by atoms with E-state index in [1.807, 2.05) is 0 Å². The molecule has 0 saturated carbocycles. The number of benzene rings is 2. The minimum absolute atomic E-state index is 0.119. The van der Waals surface area contributed by atoms with E-state index in [0.29, 0.717) is 27.7 Å². The SMILES string of the molecule is CCC(C(=O)NC)N(Cc1ccc(Cl)cc1)C(=O)CN(c1cc(Cl)ccc1C)S(C)(=O)=O. The molecule has 0 aliphatic heterocycles. The van der Waals surface area contributed by atoms with Crippen LogP contribution in [0.25, 0.3) is 0 Å². The number of nitrogens with one attached hydrogen (secondary N) is 1. The first-order valence-electron chi connectivity index (χ1n) is 9.97. The van der Waals surface area contributed by atoms with Gasteiger partial charge in [-0.15, -0.1) is 0 Å². The fourth-order valence-electron chi connectivity index (χ4n) is 3.32. The van der Waals surface area contributed by atoms with Crippen molar-refractivity contribution in [2.45, 2.75) is 32.9 Å². The van der Waals surface area contributed by atoms with Gasteiger partial charge in [-0.25, -0.2) is 8.42 Å². The molecule has 0 bridgehead atoms. The summed E-state index contributed by atoms with van der Waals surface area (Å²) in [6.07, 6.45) is 1.38. The average Bonchev–Trinajstić information content (AvgIpc) is 2.73. The lowest BCUT2D eigenvalue weighted by Gasteiger charge is -2.33. The van der Waals surface area contributed by atoms with Crippen molar-refractivity contribution in [3.63, 3.8) is 0 Å². The van der Waals surface area contributed by atoms with Crippen LogP contribution in [0.4, 0.5) is 5.69 Å². The minimum Gasteiger partial charge on any atom is -0.357 e.